The van der Waals surface area contributed by atoms with Crippen LogP contribution in [0.1, 0.15) is 33.6 Å². The number of hydrogen-bond donors (Lipinski definition) is 2. The van der Waals surface area contributed by atoms with Gasteiger partial charge in [-0.15, -0.1) is 0 Å². The van der Waals surface area contributed by atoms with E-state index in [2.05, 4.69) is 10.6 Å². The van der Waals surface area contributed by atoms with Crippen LogP contribution < -0.4 is 10.6 Å². The van der Waals surface area contributed by atoms with Crippen LogP contribution in [0.3, 0.4) is 0 Å². The molecule has 128 valence electrons. The first-order valence-electron chi connectivity index (χ1n) is 8.13. The van der Waals surface area contributed by atoms with E-state index in [1.807, 2.05) is 25.7 Å². The van der Waals surface area contributed by atoms with Gasteiger partial charge in [-0.05, 0) is 12.8 Å². The summed E-state index contributed by atoms with van der Waals surface area (Å²) in [5, 5.41) is 6.13. The Kier molecular flexibility index (Phi) is 7.82. The number of rotatable bonds is 7. The average Bonchev–Trinajstić information content (AvgIpc) is 2.49. The predicted molar refractivity (Wildman–Crippen MR) is 86.5 cm³/mol. The molecule has 1 rings (SSSR count). The minimum absolute atomic E-state index is 0.0555. The van der Waals surface area contributed by atoms with Gasteiger partial charge < -0.3 is 20.3 Å². The number of nitrogens with zero attached hydrogens (tertiary/aromatic N) is 1. The highest BCUT2D eigenvalue weighted by atomic mass is 16.5. The summed E-state index contributed by atoms with van der Waals surface area (Å²) in [6.07, 6.45) is 1.75. The normalized spacial score (nSPS) is 19.1. The SMILES string of the molecule is COCCNCCNC(=O)C1CCCN(C(=O)C(C)(C)C)C1. The molecule has 0 bridgehead atoms. The number of hydrogen-bond acceptors (Lipinski definition) is 4. The fourth-order valence-corrected chi connectivity index (χ4v) is 2.57. The maximum absolute atomic E-state index is 12.3. The summed E-state index contributed by atoms with van der Waals surface area (Å²) in [5.41, 5.74) is -0.385. The van der Waals surface area contributed by atoms with Crippen LogP contribution in [-0.4, -0.2) is 63.2 Å². The van der Waals surface area contributed by atoms with Crippen LogP contribution in [0.2, 0.25) is 0 Å². The van der Waals surface area contributed by atoms with E-state index >= 15 is 0 Å². The molecule has 1 aliphatic heterocycles. The number of carbonyl (C=O) groups is 2. The van der Waals surface area contributed by atoms with Gasteiger partial charge in [-0.25, -0.2) is 0 Å². The molecule has 1 saturated heterocycles. The molecule has 0 aliphatic carbocycles. The Hall–Kier alpha value is -1.14. The maximum atomic E-state index is 12.3. The molecule has 6 nitrogen and oxygen atoms in total. The number of carbonyl (C=O) groups excluding carboxylic acids is 2. The summed E-state index contributed by atoms with van der Waals surface area (Å²) in [7, 11) is 1.66. The molecule has 0 spiro atoms. The third kappa shape index (κ3) is 6.32. The predicted octanol–water partition coefficient (Wildman–Crippen LogP) is 0.623. The third-order valence-electron chi connectivity index (χ3n) is 3.80. The number of nitrogens with one attached hydrogen (secondary N) is 2. The van der Waals surface area contributed by atoms with Gasteiger partial charge in [0.2, 0.25) is 11.8 Å². The zero-order chi connectivity index (χ0) is 16.6. The highest BCUT2D eigenvalue weighted by Gasteiger charge is 2.33. The Morgan fingerprint density at radius 3 is 2.59 bits per heavy atom. The van der Waals surface area contributed by atoms with Crippen molar-refractivity contribution in [3.05, 3.63) is 0 Å². The fourth-order valence-electron chi connectivity index (χ4n) is 2.57. The van der Waals surface area contributed by atoms with E-state index < -0.39 is 0 Å². The van der Waals surface area contributed by atoms with Gasteiger partial charge >= 0.3 is 0 Å². The van der Waals surface area contributed by atoms with E-state index in [-0.39, 0.29) is 23.1 Å². The van der Waals surface area contributed by atoms with Crippen molar-refractivity contribution < 1.29 is 14.3 Å². The lowest BCUT2D eigenvalue weighted by atomic mass is 9.91. The summed E-state index contributed by atoms with van der Waals surface area (Å²) in [5.74, 6) is 0.102. The first kappa shape index (κ1) is 18.9. The van der Waals surface area contributed by atoms with Crippen molar-refractivity contribution in [1.29, 1.82) is 0 Å². The van der Waals surface area contributed by atoms with Crippen molar-refractivity contribution in [2.24, 2.45) is 11.3 Å². The molecule has 1 aliphatic rings. The summed E-state index contributed by atoms with van der Waals surface area (Å²) < 4.78 is 4.94. The van der Waals surface area contributed by atoms with E-state index in [1.165, 1.54) is 0 Å². The molecule has 0 aromatic rings. The van der Waals surface area contributed by atoms with Crippen LogP contribution in [0.25, 0.3) is 0 Å². The second-order valence-corrected chi connectivity index (χ2v) is 6.87. The van der Waals surface area contributed by atoms with Crippen molar-refractivity contribution in [1.82, 2.24) is 15.5 Å². The second kappa shape index (κ2) is 9.10. The largest absolute Gasteiger partial charge is 0.383 e. The van der Waals surface area contributed by atoms with Crippen molar-refractivity contribution in [2.45, 2.75) is 33.6 Å². The Bertz CT molecular complexity index is 366. The lowest BCUT2D eigenvalue weighted by Crippen LogP contribution is -2.49. The summed E-state index contributed by atoms with van der Waals surface area (Å²) >= 11 is 0. The van der Waals surface area contributed by atoms with Crippen molar-refractivity contribution in [3.63, 3.8) is 0 Å². The van der Waals surface area contributed by atoms with E-state index in [0.717, 1.165) is 32.5 Å². The van der Waals surface area contributed by atoms with Crippen LogP contribution in [0.5, 0.6) is 0 Å². The Balaban J connectivity index is 2.32. The Labute approximate surface area is 134 Å². The van der Waals surface area contributed by atoms with Gasteiger partial charge in [0.05, 0.1) is 12.5 Å². The van der Waals surface area contributed by atoms with Crippen molar-refractivity contribution in [2.75, 3.05) is 46.4 Å². The number of likely N-dealkylation sites (tertiary alicyclic amines) is 1. The molecule has 0 saturated carbocycles. The van der Waals surface area contributed by atoms with Gasteiger partial charge in [0.1, 0.15) is 0 Å². The van der Waals surface area contributed by atoms with Gasteiger partial charge in [0.15, 0.2) is 0 Å². The Morgan fingerprint density at radius 2 is 1.95 bits per heavy atom. The van der Waals surface area contributed by atoms with E-state index in [9.17, 15) is 9.59 Å². The number of amides is 2. The highest BCUT2D eigenvalue weighted by molar-refractivity contribution is 5.83. The summed E-state index contributed by atoms with van der Waals surface area (Å²) in [6, 6.07) is 0. The van der Waals surface area contributed by atoms with Crippen LogP contribution >= 0.6 is 0 Å². The smallest absolute Gasteiger partial charge is 0.227 e. The third-order valence-corrected chi connectivity index (χ3v) is 3.80. The van der Waals surface area contributed by atoms with E-state index in [4.69, 9.17) is 4.74 Å². The molecule has 2 amide bonds. The van der Waals surface area contributed by atoms with Crippen LogP contribution in [0.4, 0.5) is 0 Å². The Morgan fingerprint density at radius 1 is 1.23 bits per heavy atom. The van der Waals surface area contributed by atoms with Crippen LogP contribution in [-0.2, 0) is 14.3 Å². The van der Waals surface area contributed by atoms with Gasteiger partial charge in [-0.3, -0.25) is 9.59 Å². The number of piperidine rings is 1. The lowest BCUT2D eigenvalue weighted by molar-refractivity contribution is -0.142. The van der Waals surface area contributed by atoms with Gasteiger partial charge in [0.25, 0.3) is 0 Å². The van der Waals surface area contributed by atoms with Crippen molar-refractivity contribution in [3.8, 4) is 0 Å². The van der Waals surface area contributed by atoms with Crippen molar-refractivity contribution >= 4 is 11.8 Å². The topological polar surface area (TPSA) is 70.7 Å². The molecule has 22 heavy (non-hydrogen) atoms. The van der Waals surface area contributed by atoms with Crippen LogP contribution in [0, 0.1) is 11.3 Å². The first-order valence-corrected chi connectivity index (χ1v) is 8.13. The zero-order valence-corrected chi connectivity index (χ0v) is 14.4. The summed E-state index contributed by atoms with van der Waals surface area (Å²) in [4.78, 5) is 26.4. The quantitative estimate of drug-likeness (QED) is 0.676. The van der Waals surface area contributed by atoms with Crippen LogP contribution in [0.15, 0.2) is 0 Å². The minimum Gasteiger partial charge on any atom is -0.383 e. The van der Waals surface area contributed by atoms with E-state index in [0.29, 0.717) is 19.7 Å². The zero-order valence-electron chi connectivity index (χ0n) is 14.4. The lowest BCUT2D eigenvalue weighted by Gasteiger charge is -2.35. The van der Waals surface area contributed by atoms with Gasteiger partial charge in [0, 0.05) is 45.2 Å². The first-order chi connectivity index (χ1) is 10.4. The average molecular weight is 313 g/mol. The molecule has 6 heteroatoms. The molecule has 1 unspecified atom stereocenters. The molecule has 0 radical (unpaired) electrons. The minimum atomic E-state index is -0.385. The molecule has 0 aromatic heterocycles. The molecule has 1 atom stereocenters. The van der Waals surface area contributed by atoms with Gasteiger partial charge in [-0.1, -0.05) is 20.8 Å². The number of ether oxygens (including phenoxy) is 1. The molecular formula is C16H31N3O3. The maximum Gasteiger partial charge on any atom is 0.227 e. The monoisotopic (exact) mass is 313 g/mol. The summed E-state index contributed by atoms with van der Waals surface area (Å²) in [6.45, 7) is 9.85. The highest BCUT2D eigenvalue weighted by Crippen LogP contribution is 2.23. The molecule has 0 aromatic carbocycles. The van der Waals surface area contributed by atoms with E-state index in [1.54, 1.807) is 7.11 Å². The number of methoxy groups -OCH3 is 1. The van der Waals surface area contributed by atoms with Gasteiger partial charge in [-0.2, -0.15) is 0 Å². The molecule has 1 heterocycles. The molecule has 1 fully saturated rings. The molecular weight excluding hydrogens is 282 g/mol. The molecule has 2 N–H and O–H groups in total. The second-order valence-electron chi connectivity index (χ2n) is 6.87. The standard InChI is InChI=1S/C16H31N3O3/c1-16(2,3)15(21)19-10-5-6-13(12-19)14(20)18-8-7-17-9-11-22-4/h13,17H,5-12H2,1-4H3,(H,18,20). The fraction of sp³-hybridized carbons (Fsp3) is 0.875.